The van der Waals surface area contributed by atoms with Gasteiger partial charge in [0.05, 0.1) is 18.2 Å². The smallest absolute Gasteiger partial charge is 0.322 e. The Morgan fingerprint density at radius 1 is 1.15 bits per heavy atom. The molecule has 7 heteroatoms. The number of aryl methyl sites for hydroxylation is 1. The van der Waals surface area contributed by atoms with Gasteiger partial charge in [-0.05, 0) is 60.9 Å². The van der Waals surface area contributed by atoms with Gasteiger partial charge in [0, 0.05) is 28.8 Å². The highest BCUT2D eigenvalue weighted by atomic mass is 35.5. The molecule has 2 heterocycles. The third-order valence-electron chi connectivity index (χ3n) is 6.16. The summed E-state index contributed by atoms with van der Waals surface area (Å²) in [5.41, 5.74) is 5.77. The molecule has 5 rings (SSSR count). The number of carbonyl (C=O) groups excluding carboxylic acids is 1. The van der Waals surface area contributed by atoms with Crippen LogP contribution in [0.1, 0.15) is 28.4 Å². The number of urea groups is 1. The van der Waals surface area contributed by atoms with E-state index in [4.69, 9.17) is 16.3 Å². The molecular formula is C26H23ClFN3O2. The van der Waals surface area contributed by atoms with Crippen LogP contribution in [0.25, 0.3) is 10.9 Å². The third kappa shape index (κ3) is 3.91. The molecule has 0 spiro atoms. The summed E-state index contributed by atoms with van der Waals surface area (Å²) >= 11 is 5.90. The van der Waals surface area contributed by atoms with Crippen LogP contribution in [0.15, 0.2) is 60.7 Å². The minimum atomic E-state index is -0.525. The van der Waals surface area contributed by atoms with E-state index in [2.05, 4.69) is 22.4 Å². The second-order valence-corrected chi connectivity index (χ2v) is 8.65. The summed E-state index contributed by atoms with van der Waals surface area (Å²) in [7, 11) is 1.66. The van der Waals surface area contributed by atoms with Crippen molar-refractivity contribution in [1.82, 2.24) is 9.88 Å². The van der Waals surface area contributed by atoms with Crippen molar-refractivity contribution in [3.05, 3.63) is 93.9 Å². The van der Waals surface area contributed by atoms with Gasteiger partial charge in [-0.25, -0.2) is 9.18 Å². The zero-order chi connectivity index (χ0) is 23.1. The lowest BCUT2D eigenvalue weighted by molar-refractivity contribution is 0.193. The number of nitrogens with one attached hydrogen (secondary N) is 2. The van der Waals surface area contributed by atoms with Gasteiger partial charge in [0.15, 0.2) is 0 Å². The van der Waals surface area contributed by atoms with Crippen LogP contribution >= 0.6 is 11.6 Å². The molecule has 0 aliphatic carbocycles. The zero-order valence-corrected chi connectivity index (χ0v) is 19.0. The number of nitrogens with zero attached hydrogens (tertiary/aromatic N) is 1. The standard InChI is InChI=1S/C26H23ClFN3O2/c1-15-3-5-16(6-4-15)25-24-19(20-14-18(33-2)8-10-23(20)30-24)11-12-31(25)26(32)29-17-7-9-22(28)21(27)13-17/h3-10,13-14,25,30H,11-12H2,1-2H3,(H,29,32)/t25-/m0/s1. The molecule has 1 atom stereocenters. The molecule has 0 fully saturated rings. The Kier molecular flexibility index (Phi) is 5.46. The lowest BCUT2D eigenvalue weighted by Crippen LogP contribution is -2.43. The highest BCUT2D eigenvalue weighted by Crippen LogP contribution is 2.39. The van der Waals surface area contributed by atoms with Gasteiger partial charge in [0.1, 0.15) is 11.6 Å². The number of carbonyl (C=O) groups is 1. The Hall–Kier alpha value is -3.51. The number of methoxy groups -OCH3 is 1. The van der Waals surface area contributed by atoms with E-state index in [1.165, 1.54) is 23.8 Å². The lowest BCUT2D eigenvalue weighted by Gasteiger charge is -2.36. The SMILES string of the molecule is COc1ccc2[nH]c3c(c2c1)CCN(C(=O)Nc1ccc(F)c(Cl)c1)[C@H]3c1ccc(C)cc1. The topological polar surface area (TPSA) is 57.4 Å². The maximum Gasteiger partial charge on any atom is 0.322 e. The summed E-state index contributed by atoms with van der Waals surface area (Å²) in [5, 5.41) is 3.95. The van der Waals surface area contributed by atoms with Gasteiger partial charge in [-0.15, -0.1) is 0 Å². The first kappa shape index (κ1) is 21.3. The maximum atomic E-state index is 13.6. The van der Waals surface area contributed by atoms with Gasteiger partial charge in [-0.3, -0.25) is 0 Å². The minimum absolute atomic E-state index is 0.0339. The second-order valence-electron chi connectivity index (χ2n) is 8.24. The molecule has 2 amide bonds. The number of hydrogen-bond acceptors (Lipinski definition) is 2. The van der Waals surface area contributed by atoms with Gasteiger partial charge in [0.2, 0.25) is 0 Å². The van der Waals surface area contributed by atoms with Crippen molar-refractivity contribution in [3.63, 3.8) is 0 Å². The van der Waals surface area contributed by atoms with Crippen LogP contribution in [-0.2, 0) is 6.42 Å². The Balaban J connectivity index is 1.57. The molecule has 4 aromatic rings. The largest absolute Gasteiger partial charge is 0.497 e. The molecule has 0 saturated carbocycles. The number of benzene rings is 3. The van der Waals surface area contributed by atoms with E-state index in [1.54, 1.807) is 12.0 Å². The van der Waals surface area contributed by atoms with Gasteiger partial charge in [-0.2, -0.15) is 0 Å². The summed E-state index contributed by atoms with van der Waals surface area (Å²) in [6.45, 7) is 2.56. The molecule has 1 aliphatic rings. The summed E-state index contributed by atoms with van der Waals surface area (Å²) in [5.74, 6) is 0.271. The monoisotopic (exact) mass is 463 g/mol. The van der Waals surface area contributed by atoms with Gasteiger partial charge < -0.3 is 19.9 Å². The van der Waals surface area contributed by atoms with E-state index in [9.17, 15) is 9.18 Å². The quantitative estimate of drug-likeness (QED) is 0.366. The fraction of sp³-hybridized carbons (Fsp3) is 0.192. The number of H-pyrrole nitrogens is 1. The van der Waals surface area contributed by atoms with Gasteiger partial charge in [0.25, 0.3) is 0 Å². The normalized spacial score (nSPS) is 15.4. The van der Waals surface area contributed by atoms with Crippen LogP contribution in [0.3, 0.4) is 0 Å². The molecule has 5 nitrogen and oxygen atoms in total. The Bertz CT molecular complexity index is 1350. The predicted octanol–water partition coefficient (Wildman–Crippen LogP) is 6.46. The van der Waals surface area contributed by atoms with Crippen molar-refractivity contribution in [2.45, 2.75) is 19.4 Å². The Morgan fingerprint density at radius 3 is 2.67 bits per heavy atom. The number of halogens is 2. The van der Waals surface area contributed by atoms with Crippen molar-refractivity contribution in [2.24, 2.45) is 0 Å². The number of rotatable bonds is 3. The van der Waals surface area contributed by atoms with Crippen molar-refractivity contribution < 1.29 is 13.9 Å². The van der Waals surface area contributed by atoms with Crippen molar-refractivity contribution in [1.29, 1.82) is 0 Å². The maximum absolute atomic E-state index is 13.6. The molecule has 1 aromatic heterocycles. The molecule has 168 valence electrons. The van der Waals surface area contributed by atoms with Crippen LogP contribution < -0.4 is 10.1 Å². The highest BCUT2D eigenvalue weighted by Gasteiger charge is 2.34. The van der Waals surface area contributed by atoms with E-state index < -0.39 is 5.82 Å². The van der Waals surface area contributed by atoms with E-state index in [0.29, 0.717) is 18.7 Å². The Morgan fingerprint density at radius 2 is 1.94 bits per heavy atom. The minimum Gasteiger partial charge on any atom is -0.497 e. The summed E-state index contributed by atoms with van der Waals surface area (Å²) in [6.07, 6.45) is 0.697. The van der Waals surface area contributed by atoms with Crippen molar-refractivity contribution in [3.8, 4) is 5.75 Å². The van der Waals surface area contributed by atoms with Crippen molar-refractivity contribution in [2.75, 3.05) is 19.0 Å². The number of aromatic amines is 1. The van der Waals surface area contributed by atoms with E-state index >= 15 is 0 Å². The molecule has 3 aromatic carbocycles. The summed E-state index contributed by atoms with van der Waals surface area (Å²) in [4.78, 5) is 18.7. The van der Waals surface area contributed by atoms with Crippen LogP contribution in [0.2, 0.25) is 5.02 Å². The molecular weight excluding hydrogens is 441 g/mol. The number of anilines is 1. The fourth-order valence-electron chi connectivity index (χ4n) is 4.48. The first-order chi connectivity index (χ1) is 15.9. The lowest BCUT2D eigenvalue weighted by atomic mass is 9.92. The predicted molar refractivity (Wildman–Crippen MR) is 129 cm³/mol. The van der Waals surface area contributed by atoms with E-state index in [1.807, 2.05) is 37.3 Å². The first-order valence-electron chi connectivity index (χ1n) is 10.7. The molecule has 33 heavy (non-hydrogen) atoms. The third-order valence-corrected chi connectivity index (χ3v) is 6.45. The average molecular weight is 464 g/mol. The average Bonchev–Trinajstić information content (AvgIpc) is 3.19. The highest BCUT2D eigenvalue weighted by molar-refractivity contribution is 6.31. The second kappa shape index (κ2) is 8.45. The first-order valence-corrected chi connectivity index (χ1v) is 11.1. The van der Waals surface area contributed by atoms with Gasteiger partial charge >= 0.3 is 6.03 Å². The van der Waals surface area contributed by atoms with Crippen molar-refractivity contribution >= 4 is 34.2 Å². The molecule has 0 bridgehead atoms. The van der Waals surface area contributed by atoms with Crippen LogP contribution in [0.5, 0.6) is 5.75 Å². The number of aromatic nitrogens is 1. The Labute approximate surface area is 196 Å². The van der Waals surface area contributed by atoms with E-state index in [-0.39, 0.29) is 17.1 Å². The number of ether oxygens (including phenoxy) is 1. The van der Waals surface area contributed by atoms with Gasteiger partial charge in [-0.1, -0.05) is 41.4 Å². The molecule has 0 unspecified atom stereocenters. The molecule has 0 radical (unpaired) electrons. The fourth-order valence-corrected chi connectivity index (χ4v) is 4.66. The van der Waals surface area contributed by atoms with E-state index in [0.717, 1.165) is 33.5 Å². The number of amides is 2. The summed E-state index contributed by atoms with van der Waals surface area (Å²) < 4.78 is 19.0. The van der Waals surface area contributed by atoms with Crippen LogP contribution in [0.4, 0.5) is 14.9 Å². The van der Waals surface area contributed by atoms with Crippen LogP contribution in [-0.4, -0.2) is 29.6 Å². The molecule has 0 saturated heterocycles. The molecule has 1 aliphatic heterocycles. The number of fused-ring (bicyclic) bond motifs is 3. The van der Waals surface area contributed by atoms with Crippen LogP contribution in [0, 0.1) is 12.7 Å². The number of hydrogen-bond donors (Lipinski definition) is 2. The zero-order valence-electron chi connectivity index (χ0n) is 18.3. The molecule has 2 N–H and O–H groups in total. The summed E-state index contributed by atoms with van der Waals surface area (Å²) in [6, 6.07) is 17.8.